The van der Waals surface area contributed by atoms with Crippen LogP contribution in [0, 0.1) is 0 Å². The predicted molar refractivity (Wildman–Crippen MR) is 205 cm³/mol. The van der Waals surface area contributed by atoms with Crippen LogP contribution in [0.3, 0.4) is 0 Å². The Morgan fingerprint density at radius 2 is 1.15 bits per heavy atom. The van der Waals surface area contributed by atoms with Gasteiger partial charge in [0.05, 0.1) is 0 Å². The van der Waals surface area contributed by atoms with Crippen molar-refractivity contribution in [2.45, 2.75) is 32.2 Å². The van der Waals surface area contributed by atoms with Gasteiger partial charge < -0.3 is 9.80 Å². The Kier molecular flexibility index (Phi) is 8.95. The number of anilines is 5. The van der Waals surface area contributed by atoms with Gasteiger partial charge in [0.15, 0.2) is 0 Å². The number of nitrogens with zero attached hydrogens (tertiary/aromatic N) is 2. The number of hydrogen-bond donors (Lipinski definition) is 0. The molecule has 0 fully saturated rings. The van der Waals surface area contributed by atoms with Crippen LogP contribution in [0.2, 0.25) is 0 Å². The zero-order valence-corrected chi connectivity index (χ0v) is 27.6. The summed E-state index contributed by atoms with van der Waals surface area (Å²) in [5.41, 5.74) is 12.5. The van der Waals surface area contributed by atoms with Gasteiger partial charge in [-0.3, -0.25) is 0 Å². The summed E-state index contributed by atoms with van der Waals surface area (Å²) < 4.78 is 0. The Morgan fingerprint density at radius 1 is 0.596 bits per heavy atom. The molecule has 1 atom stereocenters. The van der Waals surface area contributed by atoms with E-state index >= 15 is 0 Å². The minimum Gasteiger partial charge on any atom is -0.335 e. The average Bonchev–Trinajstić information content (AvgIpc) is 3.30. The van der Waals surface area contributed by atoms with Crippen molar-refractivity contribution in [3.05, 3.63) is 193 Å². The van der Waals surface area contributed by atoms with E-state index in [2.05, 4.69) is 190 Å². The Hall–Kier alpha value is -5.60. The van der Waals surface area contributed by atoms with Gasteiger partial charge in [-0.1, -0.05) is 131 Å². The van der Waals surface area contributed by atoms with E-state index in [0.717, 1.165) is 39.6 Å². The number of rotatable bonds is 10. The van der Waals surface area contributed by atoms with Crippen molar-refractivity contribution in [2.75, 3.05) is 9.80 Å². The minimum atomic E-state index is -0.259. The van der Waals surface area contributed by atoms with E-state index in [1.165, 1.54) is 22.3 Å². The molecular weight excluding hydrogens is 569 g/mol. The molecule has 0 aromatic heterocycles. The number of benzene rings is 5. The fourth-order valence-electron chi connectivity index (χ4n) is 6.79. The highest BCUT2D eigenvalue weighted by Gasteiger charge is 2.39. The molecule has 0 aliphatic heterocycles. The van der Waals surface area contributed by atoms with Gasteiger partial charge in [-0.15, -0.1) is 0 Å². The SMILES string of the molecule is C=CC=C1/C(=C\C(C)N(c2ccccc2)c2cccc(C=C)c2)C(C)(C)c2cc(N(c3ccccc3)c3cccc(C=C)c3)ccc21. The summed E-state index contributed by atoms with van der Waals surface area (Å²) in [5.74, 6) is 0. The van der Waals surface area contributed by atoms with Crippen molar-refractivity contribution in [1.82, 2.24) is 0 Å². The summed E-state index contributed by atoms with van der Waals surface area (Å²) in [7, 11) is 0. The van der Waals surface area contributed by atoms with Crippen LogP contribution < -0.4 is 9.80 Å². The molecule has 5 aromatic carbocycles. The summed E-state index contributed by atoms with van der Waals surface area (Å²) in [4.78, 5) is 4.73. The second kappa shape index (κ2) is 13.4. The Balaban J connectivity index is 1.48. The van der Waals surface area contributed by atoms with Gasteiger partial charge in [-0.2, -0.15) is 0 Å². The van der Waals surface area contributed by atoms with Crippen molar-refractivity contribution in [1.29, 1.82) is 0 Å². The van der Waals surface area contributed by atoms with Crippen molar-refractivity contribution in [3.63, 3.8) is 0 Å². The van der Waals surface area contributed by atoms with Crippen LogP contribution in [0.1, 0.15) is 43.0 Å². The van der Waals surface area contributed by atoms with Gasteiger partial charge in [0.25, 0.3) is 0 Å². The van der Waals surface area contributed by atoms with Crippen LogP contribution >= 0.6 is 0 Å². The van der Waals surface area contributed by atoms with Gasteiger partial charge in [-0.05, 0) is 101 Å². The second-order valence-corrected chi connectivity index (χ2v) is 12.5. The molecule has 0 saturated heterocycles. The monoisotopic (exact) mass is 610 g/mol. The van der Waals surface area contributed by atoms with Crippen LogP contribution in [0.25, 0.3) is 17.7 Å². The largest absolute Gasteiger partial charge is 0.335 e. The van der Waals surface area contributed by atoms with Gasteiger partial charge in [0.2, 0.25) is 0 Å². The maximum atomic E-state index is 4.11. The highest BCUT2D eigenvalue weighted by molar-refractivity contribution is 5.92. The molecule has 2 nitrogen and oxygen atoms in total. The molecule has 47 heavy (non-hydrogen) atoms. The summed E-state index contributed by atoms with van der Waals surface area (Å²) in [6.07, 6.45) is 10.3. The van der Waals surface area contributed by atoms with Crippen LogP contribution in [-0.2, 0) is 5.41 Å². The van der Waals surface area contributed by atoms with Crippen molar-refractivity contribution >= 4 is 46.2 Å². The van der Waals surface area contributed by atoms with E-state index < -0.39 is 0 Å². The van der Waals surface area contributed by atoms with E-state index in [1.54, 1.807) is 0 Å². The van der Waals surface area contributed by atoms with Crippen LogP contribution in [0.4, 0.5) is 28.4 Å². The molecular formula is C45H42N2. The quantitative estimate of drug-likeness (QED) is 0.155. The molecule has 0 amide bonds. The summed E-state index contributed by atoms with van der Waals surface area (Å²) in [6.45, 7) is 19.1. The molecule has 5 aromatic rings. The molecule has 2 heteroatoms. The number of hydrogen-bond acceptors (Lipinski definition) is 2. The smallest absolute Gasteiger partial charge is 0.0500 e. The van der Waals surface area contributed by atoms with Crippen molar-refractivity contribution < 1.29 is 0 Å². The third-order valence-electron chi connectivity index (χ3n) is 9.08. The van der Waals surface area contributed by atoms with Gasteiger partial charge in [-0.25, -0.2) is 0 Å². The molecule has 0 spiro atoms. The fraction of sp³-hybridized carbons (Fsp3) is 0.111. The molecule has 0 bridgehead atoms. The van der Waals surface area contributed by atoms with E-state index in [1.807, 2.05) is 18.2 Å². The molecule has 0 N–H and O–H groups in total. The first-order chi connectivity index (χ1) is 22.8. The number of allylic oxidation sites excluding steroid dienone is 4. The maximum absolute atomic E-state index is 4.11. The van der Waals surface area contributed by atoms with Gasteiger partial charge in [0, 0.05) is 39.9 Å². The van der Waals surface area contributed by atoms with E-state index in [9.17, 15) is 0 Å². The van der Waals surface area contributed by atoms with Crippen LogP contribution in [-0.4, -0.2) is 6.04 Å². The topological polar surface area (TPSA) is 6.48 Å². The minimum absolute atomic E-state index is 0.0520. The van der Waals surface area contributed by atoms with Gasteiger partial charge >= 0.3 is 0 Å². The number of fused-ring (bicyclic) bond motifs is 1. The lowest BCUT2D eigenvalue weighted by atomic mass is 9.81. The normalized spacial score (nSPS) is 15.6. The third-order valence-corrected chi connectivity index (χ3v) is 9.08. The molecule has 0 heterocycles. The second-order valence-electron chi connectivity index (χ2n) is 12.5. The lowest BCUT2D eigenvalue weighted by molar-refractivity contribution is 0.652. The standard InChI is InChI=1S/C45H42N2/c1-7-18-41-42-28-27-40(47(37-23-14-11-15-24-37)39-26-17-20-35(9-3)31-39)32-44(42)45(5,6)43(41)29-33(4)46(36-21-12-10-13-22-36)38-25-16-19-34(8-2)30-38/h7-33H,1-3H2,4-6H3/b41-18?,43-29+. The maximum Gasteiger partial charge on any atom is 0.0500 e. The zero-order valence-electron chi connectivity index (χ0n) is 27.6. The molecule has 1 aliphatic rings. The van der Waals surface area contributed by atoms with E-state index in [4.69, 9.17) is 0 Å². The highest BCUT2D eigenvalue weighted by Crippen LogP contribution is 2.52. The first-order valence-corrected chi connectivity index (χ1v) is 16.2. The van der Waals surface area contributed by atoms with E-state index in [-0.39, 0.29) is 11.5 Å². The molecule has 0 saturated carbocycles. The molecule has 6 rings (SSSR count). The average molecular weight is 611 g/mol. The van der Waals surface area contributed by atoms with Gasteiger partial charge in [0.1, 0.15) is 0 Å². The summed E-state index contributed by atoms with van der Waals surface area (Å²) in [6, 6.07) is 45.2. The zero-order chi connectivity index (χ0) is 33.0. The fourth-order valence-corrected chi connectivity index (χ4v) is 6.79. The Bertz CT molecular complexity index is 1980. The lowest BCUT2D eigenvalue weighted by Crippen LogP contribution is -2.28. The molecule has 1 aliphatic carbocycles. The first-order valence-electron chi connectivity index (χ1n) is 16.2. The molecule has 232 valence electrons. The van der Waals surface area contributed by atoms with Crippen molar-refractivity contribution in [2.24, 2.45) is 0 Å². The summed E-state index contributed by atoms with van der Waals surface area (Å²) in [5, 5.41) is 0. The third kappa shape index (κ3) is 6.15. The Morgan fingerprint density at radius 3 is 1.77 bits per heavy atom. The van der Waals surface area contributed by atoms with Crippen LogP contribution in [0.5, 0.6) is 0 Å². The molecule has 1 unspecified atom stereocenters. The van der Waals surface area contributed by atoms with Crippen LogP contribution in [0.15, 0.2) is 171 Å². The van der Waals surface area contributed by atoms with Crippen molar-refractivity contribution in [3.8, 4) is 0 Å². The predicted octanol–water partition coefficient (Wildman–Crippen LogP) is 12.5. The van der Waals surface area contributed by atoms with E-state index in [0.29, 0.717) is 0 Å². The summed E-state index contributed by atoms with van der Waals surface area (Å²) >= 11 is 0. The lowest BCUT2D eigenvalue weighted by Gasteiger charge is -2.32. The number of para-hydroxylation sites is 2. The highest BCUT2D eigenvalue weighted by atomic mass is 15.2. The molecule has 0 radical (unpaired) electrons. The Labute approximate surface area is 280 Å². The first kappa shape index (κ1) is 31.4.